The summed E-state index contributed by atoms with van der Waals surface area (Å²) in [5.74, 6) is 0.777. The molecular formula is C23H20Cl2F4N4O2S. The van der Waals surface area contributed by atoms with Gasteiger partial charge in [0.25, 0.3) is 11.5 Å². The van der Waals surface area contributed by atoms with Crippen LogP contribution in [0, 0.1) is 5.82 Å². The largest absolute Gasteiger partial charge is 0.435 e. The van der Waals surface area contributed by atoms with Gasteiger partial charge in [-0.2, -0.15) is 24.9 Å². The van der Waals surface area contributed by atoms with E-state index in [4.69, 9.17) is 28.0 Å². The molecule has 1 N–H and O–H groups in total. The highest BCUT2D eigenvalue weighted by molar-refractivity contribution is 7.99. The number of rotatable bonds is 3. The van der Waals surface area contributed by atoms with Crippen molar-refractivity contribution in [2.45, 2.75) is 50.2 Å². The second-order valence-electron chi connectivity index (χ2n) is 8.91. The van der Waals surface area contributed by atoms with Crippen molar-refractivity contribution in [1.82, 2.24) is 15.2 Å². The number of aromatic nitrogens is 1. The number of fused-ring (bicyclic) bond motifs is 1. The van der Waals surface area contributed by atoms with Gasteiger partial charge in [0.15, 0.2) is 5.82 Å². The predicted molar refractivity (Wildman–Crippen MR) is 129 cm³/mol. The van der Waals surface area contributed by atoms with Crippen LogP contribution in [0.1, 0.15) is 46.4 Å². The van der Waals surface area contributed by atoms with Crippen molar-refractivity contribution in [3.63, 3.8) is 0 Å². The fourth-order valence-electron chi connectivity index (χ4n) is 4.54. The van der Waals surface area contributed by atoms with E-state index in [9.17, 15) is 22.4 Å². The Kier molecular flexibility index (Phi) is 6.76. The maximum absolute atomic E-state index is 14.3. The Morgan fingerprint density at radius 1 is 1.14 bits per heavy atom. The molecule has 1 amide bonds. The van der Waals surface area contributed by atoms with Crippen LogP contribution in [0.25, 0.3) is 0 Å². The standard InChI is InChI=1S/C23H20Cl2F4N4O2S/c24-16-6-14(7-17(25)20(16)26)22(23(27,28)29)8-19(32-35-22)33-10-12-5-18(30-9-13(12)11-33)21(34)31-15-1-3-36-4-2-15/h5-7,9,15H,1-4,8,10-11H2,(H,31,34). The van der Waals surface area contributed by atoms with E-state index in [0.29, 0.717) is 0 Å². The topological polar surface area (TPSA) is 66.8 Å². The second kappa shape index (κ2) is 9.57. The average molecular weight is 563 g/mol. The molecule has 2 aromatic rings. The zero-order valence-corrected chi connectivity index (χ0v) is 21.0. The number of hydrogen-bond acceptors (Lipinski definition) is 6. The molecule has 1 unspecified atom stereocenters. The molecule has 192 valence electrons. The first kappa shape index (κ1) is 25.4. The maximum atomic E-state index is 14.3. The van der Waals surface area contributed by atoms with Crippen molar-refractivity contribution in [2.75, 3.05) is 11.5 Å². The summed E-state index contributed by atoms with van der Waals surface area (Å²) in [6.45, 7) is 0.490. The summed E-state index contributed by atoms with van der Waals surface area (Å²) in [5, 5.41) is 5.67. The first-order valence-corrected chi connectivity index (χ1v) is 13.1. The van der Waals surface area contributed by atoms with Gasteiger partial charge in [-0.1, -0.05) is 28.4 Å². The number of nitrogens with one attached hydrogen (secondary N) is 1. The van der Waals surface area contributed by atoms with E-state index in [0.717, 1.165) is 47.6 Å². The third-order valence-electron chi connectivity index (χ3n) is 6.58. The summed E-state index contributed by atoms with van der Waals surface area (Å²) in [6, 6.07) is 3.48. The van der Waals surface area contributed by atoms with Crippen LogP contribution in [0.2, 0.25) is 10.0 Å². The molecule has 0 bridgehead atoms. The maximum Gasteiger partial charge on any atom is 0.435 e. The van der Waals surface area contributed by atoms with Crippen LogP contribution in [0.5, 0.6) is 0 Å². The van der Waals surface area contributed by atoms with Crippen LogP contribution in [0.3, 0.4) is 0 Å². The van der Waals surface area contributed by atoms with Gasteiger partial charge in [0, 0.05) is 30.9 Å². The molecule has 0 aliphatic carbocycles. The number of thioether (sulfide) groups is 1. The Bertz CT molecular complexity index is 1220. The molecule has 3 aliphatic heterocycles. The lowest BCUT2D eigenvalue weighted by Crippen LogP contribution is -2.44. The fraction of sp³-hybridized carbons (Fsp3) is 0.435. The smallest absolute Gasteiger partial charge is 0.372 e. The number of carbonyl (C=O) groups is 1. The molecule has 0 spiro atoms. The van der Waals surface area contributed by atoms with Gasteiger partial charge in [0.2, 0.25) is 0 Å². The Balaban J connectivity index is 1.33. The molecule has 1 fully saturated rings. The summed E-state index contributed by atoms with van der Waals surface area (Å²) in [4.78, 5) is 23.6. The molecule has 1 saturated heterocycles. The summed E-state index contributed by atoms with van der Waals surface area (Å²) < 4.78 is 56.7. The summed E-state index contributed by atoms with van der Waals surface area (Å²) >= 11 is 13.4. The van der Waals surface area contributed by atoms with Gasteiger partial charge in [-0.3, -0.25) is 9.78 Å². The van der Waals surface area contributed by atoms with E-state index >= 15 is 0 Å². The Hall–Kier alpha value is -2.24. The van der Waals surface area contributed by atoms with Gasteiger partial charge < -0.3 is 15.1 Å². The Morgan fingerprint density at radius 2 is 1.81 bits per heavy atom. The van der Waals surface area contributed by atoms with E-state index in [1.54, 1.807) is 17.2 Å². The third kappa shape index (κ3) is 4.61. The van der Waals surface area contributed by atoms with Crippen molar-refractivity contribution in [3.8, 4) is 0 Å². The lowest BCUT2D eigenvalue weighted by atomic mass is 9.89. The van der Waals surface area contributed by atoms with Crippen LogP contribution in [0.15, 0.2) is 29.6 Å². The van der Waals surface area contributed by atoms with E-state index in [1.807, 2.05) is 11.8 Å². The van der Waals surface area contributed by atoms with Crippen molar-refractivity contribution in [1.29, 1.82) is 0 Å². The number of amidine groups is 1. The number of carbonyl (C=O) groups excluding carboxylic acids is 1. The Morgan fingerprint density at radius 3 is 2.47 bits per heavy atom. The minimum atomic E-state index is -4.89. The molecule has 0 saturated carbocycles. The van der Waals surface area contributed by atoms with E-state index in [2.05, 4.69) is 15.5 Å². The van der Waals surface area contributed by atoms with Crippen molar-refractivity contribution >= 4 is 46.7 Å². The fourth-order valence-corrected chi connectivity index (χ4v) is 6.13. The van der Waals surface area contributed by atoms with Crippen LogP contribution in [-0.2, 0) is 23.5 Å². The number of oxime groups is 1. The molecule has 1 aromatic carbocycles. The third-order valence-corrected chi connectivity index (χ3v) is 8.18. The van der Waals surface area contributed by atoms with E-state index in [1.165, 1.54) is 0 Å². The van der Waals surface area contributed by atoms with Gasteiger partial charge in [-0.25, -0.2) is 4.39 Å². The van der Waals surface area contributed by atoms with Crippen LogP contribution < -0.4 is 5.32 Å². The first-order valence-electron chi connectivity index (χ1n) is 11.2. The van der Waals surface area contributed by atoms with Gasteiger partial charge in [0.05, 0.1) is 16.5 Å². The number of halogens is 6. The minimum absolute atomic E-state index is 0.0609. The number of pyridine rings is 1. The Labute approximate surface area is 218 Å². The normalized spacial score (nSPS) is 22.3. The molecule has 0 radical (unpaired) electrons. The average Bonchev–Trinajstić information content (AvgIpc) is 3.47. The van der Waals surface area contributed by atoms with Gasteiger partial charge in [0.1, 0.15) is 11.5 Å². The van der Waals surface area contributed by atoms with Crippen molar-refractivity contribution in [2.24, 2.45) is 5.16 Å². The molecule has 36 heavy (non-hydrogen) atoms. The van der Waals surface area contributed by atoms with Gasteiger partial charge >= 0.3 is 6.18 Å². The summed E-state index contributed by atoms with van der Waals surface area (Å²) in [6.07, 6.45) is -2.17. The minimum Gasteiger partial charge on any atom is -0.372 e. The number of alkyl halides is 3. The molecular weight excluding hydrogens is 543 g/mol. The van der Waals surface area contributed by atoms with Gasteiger partial charge in [-0.15, -0.1) is 0 Å². The van der Waals surface area contributed by atoms with E-state index in [-0.39, 0.29) is 36.6 Å². The van der Waals surface area contributed by atoms with Crippen LogP contribution in [-0.4, -0.2) is 45.4 Å². The van der Waals surface area contributed by atoms with Crippen molar-refractivity contribution < 1.29 is 27.2 Å². The number of benzene rings is 1. The zero-order valence-electron chi connectivity index (χ0n) is 18.7. The highest BCUT2D eigenvalue weighted by atomic mass is 35.5. The van der Waals surface area contributed by atoms with Crippen LogP contribution in [0.4, 0.5) is 17.6 Å². The SMILES string of the molecule is O=C(NC1CCSCC1)c1cc2c(cn1)CN(C1=NOC(c3cc(Cl)c(F)c(Cl)c3)(C(F)(F)F)C1)C2. The summed E-state index contributed by atoms with van der Waals surface area (Å²) in [5.41, 5.74) is -1.49. The zero-order chi connectivity index (χ0) is 25.7. The molecule has 4 heterocycles. The number of nitrogens with zero attached hydrogens (tertiary/aromatic N) is 3. The molecule has 5 rings (SSSR count). The highest BCUT2D eigenvalue weighted by Crippen LogP contribution is 2.50. The molecule has 13 heteroatoms. The predicted octanol–water partition coefficient (Wildman–Crippen LogP) is 5.66. The monoisotopic (exact) mass is 562 g/mol. The van der Waals surface area contributed by atoms with Crippen LogP contribution >= 0.6 is 35.0 Å². The number of hydrogen-bond donors (Lipinski definition) is 1. The second-order valence-corrected chi connectivity index (χ2v) is 10.9. The van der Waals surface area contributed by atoms with Gasteiger partial charge in [-0.05, 0) is 53.7 Å². The lowest BCUT2D eigenvalue weighted by Gasteiger charge is -2.30. The highest BCUT2D eigenvalue weighted by Gasteiger charge is 2.63. The lowest BCUT2D eigenvalue weighted by molar-refractivity contribution is -0.275. The molecule has 1 aromatic heterocycles. The molecule has 1 atom stereocenters. The molecule has 3 aliphatic rings. The number of amides is 1. The summed E-state index contributed by atoms with van der Waals surface area (Å²) in [7, 11) is 0. The molecule has 6 nitrogen and oxygen atoms in total. The quantitative estimate of drug-likeness (QED) is 0.386. The first-order chi connectivity index (χ1) is 17.1. The van der Waals surface area contributed by atoms with Crippen molar-refractivity contribution in [3.05, 3.63) is 62.6 Å². The van der Waals surface area contributed by atoms with E-state index < -0.39 is 39.6 Å².